The van der Waals surface area contributed by atoms with E-state index in [9.17, 15) is 0 Å². The quantitative estimate of drug-likeness (QED) is 0.881. The Morgan fingerprint density at radius 3 is 2.53 bits per heavy atom. The van der Waals surface area contributed by atoms with Crippen molar-refractivity contribution in [3.05, 3.63) is 29.8 Å². The van der Waals surface area contributed by atoms with Crippen molar-refractivity contribution in [3.8, 4) is 5.75 Å². The Hall–Kier alpha value is -1.06. The van der Waals surface area contributed by atoms with E-state index in [1.807, 2.05) is 6.07 Å². The number of nitrogens with one attached hydrogen (secondary N) is 1. The number of piperazine rings is 1. The molecule has 0 aromatic heterocycles. The summed E-state index contributed by atoms with van der Waals surface area (Å²) in [6.45, 7) is 10.3. The zero-order valence-corrected chi connectivity index (χ0v) is 12.4. The SMILES string of the molecule is COc1ccccc1C(CN1CCNCC1)C(C)C. The van der Waals surface area contributed by atoms with Crippen LogP contribution in [-0.4, -0.2) is 44.7 Å². The first-order chi connectivity index (χ1) is 9.22. The number of ether oxygens (including phenoxy) is 1. The molecule has 1 fully saturated rings. The Morgan fingerprint density at radius 2 is 1.89 bits per heavy atom. The Balaban J connectivity index is 2.14. The molecule has 1 atom stereocenters. The summed E-state index contributed by atoms with van der Waals surface area (Å²) in [5.74, 6) is 2.18. The van der Waals surface area contributed by atoms with Crippen LogP contribution in [0.25, 0.3) is 0 Å². The fourth-order valence-corrected chi connectivity index (χ4v) is 2.81. The van der Waals surface area contributed by atoms with Crippen LogP contribution in [0.4, 0.5) is 0 Å². The first-order valence-corrected chi connectivity index (χ1v) is 7.28. The van der Waals surface area contributed by atoms with Crippen molar-refractivity contribution in [2.75, 3.05) is 39.8 Å². The van der Waals surface area contributed by atoms with E-state index < -0.39 is 0 Å². The largest absolute Gasteiger partial charge is 0.496 e. The van der Waals surface area contributed by atoms with Crippen LogP contribution in [0.15, 0.2) is 24.3 Å². The van der Waals surface area contributed by atoms with Crippen molar-refractivity contribution in [2.45, 2.75) is 19.8 Å². The molecule has 2 rings (SSSR count). The maximum atomic E-state index is 5.53. The molecule has 1 heterocycles. The molecule has 1 saturated heterocycles. The Bertz CT molecular complexity index is 386. The van der Waals surface area contributed by atoms with Crippen molar-refractivity contribution < 1.29 is 4.74 Å². The number of nitrogens with zero attached hydrogens (tertiary/aromatic N) is 1. The van der Waals surface area contributed by atoms with E-state index in [4.69, 9.17) is 4.74 Å². The van der Waals surface area contributed by atoms with Crippen LogP contribution in [0.3, 0.4) is 0 Å². The molecule has 1 aromatic rings. The van der Waals surface area contributed by atoms with Crippen molar-refractivity contribution >= 4 is 0 Å². The maximum Gasteiger partial charge on any atom is 0.122 e. The summed E-state index contributed by atoms with van der Waals surface area (Å²) >= 11 is 0. The summed E-state index contributed by atoms with van der Waals surface area (Å²) in [6.07, 6.45) is 0. The first-order valence-electron chi connectivity index (χ1n) is 7.28. The molecule has 19 heavy (non-hydrogen) atoms. The zero-order valence-electron chi connectivity index (χ0n) is 12.4. The Labute approximate surface area is 116 Å². The third-order valence-electron chi connectivity index (χ3n) is 4.01. The second-order valence-electron chi connectivity index (χ2n) is 5.64. The van der Waals surface area contributed by atoms with E-state index in [0.29, 0.717) is 11.8 Å². The topological polar surface area (TPSA) is 24.5 Å². The smallest absolute Gasteiger partial charge is 0.122 e. The fourth-order valence-electron chi connectivity index (χ4n) is 2.81. The molecule has 0 aliphatic carbocycles. The number of benzene rings is 1. The maximum absolute atomic E-state index is 5.53. The molecule has 3 nitrogen and oxygen atoms in total. The first kappa shape index (κ1) is 14.4. The number of hydrogen-bond acceptors (Lipinski definition) is 3. The standard InChI is InChI=1S/C16H26N2O/c1-13(2)15(12-18-10-8-17-9-11-18)14-6-4-5-7-16(14)19-3/h4-7,13,15,17H,8-12H2,1-3H3. The van der Waals surface area contributed by atoms with Gasteiger partial charge in [-0.25, -0.2) is 0 Å². The number of rotatable bonds is 5. The van der Waals surface area contributed by atoms with Crippen LogP contribution in [0.1, 0.15) is 25.3 Å². The Kier molecular flexibility index (Phi) is 5.23. The number of methoxy groups -OCH3 is 1. The van der Waals surface area contributed by atoms with Gasteiger partial charge in [0.25, 0.3) is 0 Å². The lowest BCUT2D eigenvalue weighted by Crippen LogP contribution is -2.45. The predicted molar refractivity (Wildman–Crippen MR) is 79.9 cm³/mol. The van der Waals surface area contributed by atoms with E-state index in [2.05, 4.69) is 42.3 Å². The van der Waals surface area contributed by atoms with Crippen LogP contribution in [0, 0.1) is 5.92 Å². The van der Waals surface area contributed by atoms with Gasteiger partial charge in [0.05, 0.1) is 7.11 Å². The minimum atomic E-state index is 0.536. The van der Waals surface area contributed by atoms with Gasteiger partial charge in [0, 0.05) is 38.6 Å². The molecule has 1 unspecified atom stereocenters. The molecule has 1 aromatic carbocycles. The van der Waals surface area contributed by atoms with Crippen molar-refractivity contribution in [1.82, 2.24) is 10.2 Å². The van der Waals surface area contributed by atoms with Gasteiger partial charge in [-0.3, -0.25) is 0 Å². The van der Waals surface area contributed by atoms with E-state index in [-0.39, 0.29) is 0 Å². The molecule has 1 aliphatic heterocycles. The lowest BCUT2D eigenvalue weighted by molar-refractivity contribution is 0.210. The molecular weight excluding hydrogens is 236 g/mol. The highest BCUT2D eigenvalue weighted by Gasteiger charge is 2.23. The van der Waals surface area contributed by atoms with Gasteiger partial charge in [-0.05, 0) is 17.5 Å². The summed E-state index contributed by atoms with van der Waals surface area (Å²) in [7, 11) is 1.76. The molecule has 0 saturated carbocycles. The van der Waals surface area contributed by atoms with E-state index in [1.54, 1.807) is 7.11 Å². The van der Waals surface area contributed by atoms with Gasteiger partial charge < -0.3 is 15.0 Å². The average molecular weight is 262 g/mol. The van der Waals surface area contributed by atoms with Crippen LogP contribution in [0.5, 0.6) is 5.75 Å². The predicted octanol–water partition coefficient (Wildman–Crippen LogP) is 2.34. The highest BCUT2D eigenvalue weighted by Crippen LogP contribution is 2.32. The summed E-state index contributed by atoms with van der Waals surface area (Å²) in [4.78, 5) is 2.56. The van der Waals surface area contributed by atoms with Crippen LogP contribution >= 0.6 is 0 Å². The van der Waals surface area contributed by atoms with Crippen molar-refractivity contribution in [1.29, 1.82) is 0 Å². The second-order valence-corrected chi connectivity index (χ2v) is 5.64. The molecule has 3 heteroatoms. The second kappa shape index (κ2) is 6.92. The van der Waals surface area contributed by atoms with Gasteiger partial charge in [0.2, 0.25) is 0 Å². The summed E-state index contributed by atoms with van der Waals surface area (Å²) in [5, 5.41) is 3.41. The molecule has 1 aliphatic rings. The molecule has 0 spiro atoms. The minimum Gasteiger partial charge on any atom is -0.496 e. The fraction of sp³-hybridized carbons (Fsp3) is 0.625. The summed E-state index contributed by atoms with van der Waals surface area (Å²) in [5.41, 5.74) is 1.35. The lowest BCUT2D eigenvalue weighted by atomic mass is 9.87. The normalized spacial score (nSPS) is 18.5. The molecule has 1 N–H and O–H groups in total. The molecule has 0 bridgehead atoms. The van der Waals surface area contributed by atoms with E-state index >= 15 is 0 Å². The summed E-state index contributed by atoms with van der Waals surface area (Å²) in [6, 6.07) is 8.45. The van der Waals surface area contributed by atoms with E-state index in [0.717, 1.165) is 38.5 Å². The van der Waals surface area contributed by atoms with Crippen LogP contribution in [0.2, 0.25) is 0 Å². The summed E-state index contributed by atoms with van der Waals surface area (Å²) < 4.78 is 5.53. The van der Waals surface area contributed by atoms with Crippen molar-refractivity contribution in [2.24, 2.45) is 5.92 Å². The minimum absolute atomic E-state index is 0.536. The Morgan fingerprint density at radius 1 is 1.21 bits per heavy atom. The van der Waals surface area contributed by atoms with Gasteiger partial charge >= 0.3 is 0 Å². The molecular formula is C16H26N2O. The molecule has 0 amide bonds. The third-order valence-corrected chi connectivity index (χ3v) is 4.01. The molecule has 106 valence electrons. The highest BCUT2D eigenvalue weighted by atomic mass is 16.5. The molecule has 0 radical (unpaired) electrons. The monoisotopic (exact) mass is 262 g/mol. The van der Waals surface area contributed by atoms with E-state index in [1.165, 1.54) is 5.56 Å². The average Bonchev–Trinajstić information content (AvgIpc) is 2.45. The van der Waals surface area contributed by atoms with Gasteiger partial charge in [-0.2, -0.15) is 0 Å². The van der Waals surface area contributed by atoms with Gasteiger partial charge in [0.15, 0.2) is 0 Å². The van der Waals surface area contributed by atoms with Crippen molar-refractivity contribution in [3.63, 3.8) is 0 Å². The zero-order chi connectivity index (χ0) is 13.7. The third kappa shape index (κ3) is 3.71. The van der Waals surface area contributed by atoms with Gasteiger partial charge in [-0.1, -0.05) is 32.0 Å². The van der Waals surface area contributed by atoms with Gasteiger partial charge in [-0.15, -0.1) is 0 Å². The number of para-hydroxylation sites is 1. The van der Waals surface area contributed by atoms with Gasteiger partial charge in [0.1, 0.15) is 5.75 Å². The number of hydrogen-bond donors (Lipinski definition) is 1. The highest BCUT2D eigenvalue weighted by molar-refractivity contribution is 5.36. The van der Waals surface area contributed by atoms with Crippen LogP contribution in [-0.2, 0) is 0 Å². The lowest BCUT2D eigenvalue weighted by Gasteiger charge is -2.33. The van der Waals surface area contributed by atoms with Crippen LogP contribution < -0.4 is 10.1 Å².